The van der Waals surface area contributed by atoms with E-state index in [1.54, 1.807) is 6.92 Å². The lowest BCUT2D eigenvalue weighted by atomic mass is 10.2. The van der Waals surface area contributed by atoms with Crippen molar-refractivity contribution < 1.29 is 22.7 Å². The molecule has 0 bridgehead atoms. The zero-order valence-electron chi connectivity index (χ0n) is 14.6. The SMILES string of the molecule is CC[C@@H](C)NS(=O)(=O)c1ccc(C(=O)O[C@H](C)C(=O)NC2CC2)cc1. The number of nitrogens with one attached hydrogen (secondary N) is 2. The molecule has 2 rings (SSSR count). The van der Waals surface area contributed by atoms with Crippen molar-refractivity contribution in [3.63, 3.8) is 0 Å². The van der Waals surface area contributed by atoms with E-state index in [4.69, 9.17) is 4.74 Å². The van der Waals surface area contributed by atoms with Crippen LogP contribution >= 0.6 is 0 Å². The van der Waals surface area contributed by atoms with Gasteiger partial charge in [-0.05, 0) is 57.4 Å². The predicted octanol–water partition coefficient (Wildman–Crippen LogP) is 1.59. The van der Waals surface area contributed by atoms with Crippen molar-refractivity contribution in [1.82, 2.24) is 10.0 Å². The lowest BCUT2D eigenvalue weighted by molar-refractivity contribution is -0.129. The van der Waals surface area contributed by atoms with Crippen molar-refractivity contribution in [2.24, 2.45) is 0 Å². The molecule has 1 amide bonds. The molecular weight excluding hydrogens is 344 g/mol. The quantitative estimate of drug-likeness (QED) is 0.679. The van der Waals surface area contributed by atoms with E-state index in [1.807, 2.05) is 6.92 Å². The maximum Gasteiger partial charge on any atom is 0.338 e. The van der Waals surface area contributed by atoms with Gasteiger partial charge in [0, 0.05) is 12.1 Å². The van der Waals surface area contributed by atoms with Gasteiger partial charge in [0.1, 0.15) is 0 Å². The molecule has 2 N–H and O–H groups in total. The standard InChI is InChI=1S/C17H24N2O5S/c1-4-11(2)19-25(22,23)15-9-5-13(6-10-15)17(21)24-12(3)16(20)18-14-7-8-14/h5-6,9-12,14,19H,4,7-8H2,1-3H3,(H,18,20)/t11-,12-/m1/s1. The van der Waals surface area contributed by atoms with Gasteiger partial charge in [0.25, 0.3) is 5.91 Å². The van der Waals surface area contributed by atoms with E-state index >= 15 is 0 Å². The van der Waals surface area contributed by atoms with Crippen LogP contribution in [-0.2, 0) is 19.6 Å². The highest BCUT2D eigenvalue weighted by Gasteiger charge is 2.27. The molecule has 0 aromatic heterocycles. The first-order valence-electron chi connectivity index (χ1n) is 8.36. The monoisotopic (exact) mass is 368 g/mol. The number of benzene rings is 1. The van der Waals surface area contributed by atoms with E-state index in [9.17, 15) is 18.0 Å². The van der Waals surface area contributed by atoms with Crippen molar-refractivity contribution in [2.45, 2.75) is 63.1 Å². The number of sulfonamides is 1. The maximum atomic E-state index is 12.2. The van der Waals surface area contributed by atoms with Gasteiger partial charge in [0.15, 0.2) is 6.10 Å². The Kier molecular flexibility index (Phi) is 6.18. The van der Waals surface area contributed by atoms with Gasteiger partial charge in [-0.25, -0.2) is 17.9 Å². The summed E-state index contributed by atoms with van der Waals surface area (Å²) in [4.78, 5) is 24.0. The molecule has 1 saturated carbocycles. The van der Waals surface area contributed by atoms with Crippen molar-refractivity contribution >= 4 is 21.9 Å². The van der Waals surface area contributed by atoms with Crippen LogP contribution in [0.3, 0.4) is 0 Å². The van der Waals surface area contributed by atoms with E-state index in [-0.39, 0.29) is 28.4 Å². The molecule has 0 unspecified atom stereocenters. The summed E-state index contributed by atoms with van der Waals surface area (Å²) in [7, 11) is -3.62. The molecular formula is C17H24N2O5S. The van der Waals surface area contributed by atoms with Crippen molar-refractivity contribution in [2.75, 3.05) is 0 Å². The highest BCUT2D eigenvalue weighted by molar-refractivity contribution is 7.89. The fourth-order valence-corrected chi connectivity index (χ4v) is 3.34. The Morgan fingerprint density at radius 2 is 1.80 bits per heavy atom. The number of hydrogen-bond acceptors (Lipinski definition) is 5. The second-order valence-corrected chi connectivity index (χ2v) is 8.00. The van der Waals surface area contributed by atoms with Crippen LogP contribution in [0, 0.1) is 0 Å². The van der Waals surface area contributed by atoms with Crippen LogP contribution in [0.5, 0.6) is 0 Å². The molecule has 0 aliphatic heterocycles. The minimum atomic E-state index is -3.62. The molecule has 0 saturated heterocycles. The summed E-state index contributed by atoms with van der Waals surface area (Å²) in [5.74, 6) is -0.995. The Balaban J connectivity index is 1.98. The van der Waals surface area contributed by atoms with Crippen molar-refractivity contribution in [3.8, 4) is 0 Å². The van der Waals surface area contributed by atoms with Crippen LogP contribution in [0.4, 0.5) is 0 Å². The Hall–Kier alpha value is -1.93. The topological polar surface area (TPSA) is 102 Å². The average molecular weight is 368 g/mol. The summed E-state index contributed by atoms with van der Waals surface area (Å²) < 4.78 is 32.0. The minimum absolute atomic E-state index is 0.0730. The third-order valence-electron chi connectivity index (χ3n) is 3.95. The van der Waals surface area contributed by atoms with Gasteiger partial charge >= 0.3 is 5.97 Å². The Labute approximate surface area is 148 Å². The smallest absolute Gasteiger partial charge is 0.338 e. The van der Waals surface area contributed by atoms with E-state index < -0.39 is 22.1 Å². The van der Waals surface area contributed by atoms with E-state index in [2.05, 4.69) is 10.0 Å². The number of carbonyl (C=O) groups excluding carboxylic acids is 2. The van der Waals surface area contributed by atoms with Gasteiger partial charge < -0.3 is 10.1 Å². The summed E-state index contributed by atoms with van der Waals surface area (Å²) in [5, 5.41) is 2.76. The Morgan fingerprint density at radius 1 is 1.20 bits per heavy atom. The number of ether oxygens (including phenoxy) is 1. The molecule has 0 heterocycles. The van der Waals surface area contributed by atoms with E-state index in [0.717, 1.165) is 12.8 Å². The van der Waals surface area contributed by atoms with Gasteiger partial charge in [0.2, 0.25) is 10.0 Å². The van der Waals surface area contributed by atoms with Gasteiger partial charge in [-0.3, -0.25) is 4.79 Å². The molecule has 1 aromatic rings. The van der Waals surface area contributed by atoms with Crippen LogP contribution in [0.25, 0.3) is 0 Å². The zero-order valence-corrected chi connectivity index (χ0v) is 15.4. The minimum Gasteiger partial charge on any atom is -0.449 e. The van der Waals surface area contributed by atoms with Gasteiger partial charge in [-0.1, -0.05) is 6.92 Å². The summed E-state index contributed by atoms with van der Waals surface area (Å²) in [5.41, 5.74) is 0.188. The molecule has 0 spiro atoms. The second kappa shape index (κ2) is 7.97. The number of esters is 1. The van der Waals surface area contributed by atoms with Crippen LogP contribution in [0.15, 0.2) is 29.2 Å². The third-order valence-corrected chi connectivity index (χ3v) is 5.55. The maximum absolute atomic E-state index is 12.2. The van der Waals surface area contributed by atoms with E-state index in [1.165, 1.54) is 31.2 Å². The highest BCUT2D eigenvalue weighted by atomic mass is 32.2. The number of amides is 1. The number of carbonyl (C=O) groups is 2. The zero-order chi connectivity index (χ0) is 18.6. The summed E-state index contributed by atoms with van der Waals surface area (Å²) >= 11 is 0. The van der Waals surface area contributed by atoms with Crippen LogP contribution in [0.1, 0.15) is 50.4 Å². The molecule has 1 aliphatic carbocycles. The summed E-state index contributed by atoms with van der Waals surface area (Å²) in [6.45, 7) is 5.16. The molecule has 138 valence electrons. The first kappa shape index (κ1) is 19.4. The third kappa shape index (κ3) is 5.54. The highest BCUT2D eigenvalue weighted by Crippen LogP contribution is 2.19. The fraction of sp³-hybridized carbons (Fsp3) is 0.529. The Morgan fingerprint density at radius 3 is 2.32 bits per heavy atom. The Bertz CT molecular complexity index is 726. The number of rotatable bonds is 8. The fourth-order valence-electron chi connectivity index (χ4n) is 2.01. The van der Waals surface area contributed by atoms with Crippen LogP contribution in [-0.4, -0.2) is 38.5 Å². The largest absolute Gasteiger partial charge is 0.449 e. The van der Waals surface area contributed by atoms with Gasteiger partial charge in [0.05, 0.1) is 10.5 Å². The lowest BCUT2D eigenvalue weighted by Gasteiger charge is -2.14. The average Bonchev–Trinajstić information content (AvgIpc) is 3.38. The second-order valence-electron chi connectivity index (χ2n) is 6.29. The molecule has 0 radical (unpaired) electrons. The molecule has 25 heavy (non-hydrogen) atoms. The molecule has 1 fully saturated rings. The van der Waals surface area contributed by atoms with Crippen LogP contribution in [0.2, 0.25) is 0 Å². The number of hydrogen-bond donors (Lipinski definition) is 2. The van der Waals surface area contributed by atoms with Crippen molar-refractivity contribution in [1.29, 1.82) is 0 Å². The van der Waals surface area contributed by atoms with Crippen molar-refractivity contribution in [3.05, 3.63) is 29.8 Å². The first-order valence-corrected chi connectivity index (χ1v) is 9.85. The first-order chi connectivity index (χ1) is 11.7. The van der Waals surface area contributed by atoms with E-state index in [0.29, 0.717) is 6.42 Å². The molecule has 8 heteroatoms. The molecule has 1 aromatic carbocycles. The molecule has 1 aliphatic rings. The van der Waals surface area contributed by atoms with Crippen LogP contribution < -0.4 is 10.0 Å². The summed E-state index contributed by atoms with van der Waals surface area (Å²) in [6.07, 6.45) is 1.67. The predicted molar refractivity (Wildman–Crippen MR) is 92.6 cm³/mol. The normalized spacial score (nSPS) is 16.8. The van der Waals surface area contributed by atoms with Gasteiger partial charge in [-0.2, -0.15) is 0 Å². The molecule has 7 nitrogen and oxygen atoms in total. The van der Waals surface area contributed by atoms with Gasteiger partial charge in [-0.15, -0.1) is 0 Å². The molecule has 2 atom stereocenters. The lowest BCUT2D eigenvalue weighted by Crippen LogP contribution is -2.37. The summed E-state index contributed by atoms with van der Waals surface area (Å²) in [6, 6.07) is 5.45.